The van der Waals surface area contributed by atoms with Gasteiger partial charge in [0.25, 0.3) is 0 Å². The summed E-state index contributed by atoms with van der Waals surface area (Å²) in [6, 6.07) is 9.86. The molecule has 2 aromatic carbocycles. The van der Waals surface area contributed by atoms with Crippen LogP contribution in [-0.4, -0.2) is 38.4 Å². The topological polar surface area (TPSA) is 122 Å². The molecule has 152 valence electrons. The van der Waals surface area contributed by atoms with Gasteiger partial charge in [0.2, 0.25) is 0 Å². The van der Waals surface area contributed by atoms with Gasteiger partial charge in [-0.15, -0.1) is 0 Å². The summed E-state index contributed by atoms with van der Waals surface area (Å²) in [5.74, 6) is -1.44. The summed E-state index contributed by atoms with van der Waals surface area (Å²) < 4.78 is 30.5. The molecule has 1 heterocycles. The Morgan fingerprint density at radius 3 is 2.52 bits per heavy atom. The van der Waals surface area contributed by atoms with Crippen molar-refractivity contribution in [1.29, 1.82) is 0 Å². The Balaban J connectivity index is 2.09. The lowest BCUT2D eigenvalue weighted by molar-refractivity contribution is -0.136. The van der Waals surface area contributed by atoms with E-state index >= 15 is 0 Å². The molecule has 1 atom stereocenters. The molecule has 0 fully saturated rings. The first-order chi connectivity index (χ1) is 13.7. The highest BCUT2D eigenvalue weighted by Gasteiger charge is 2.35. The van der Waals surface area contributed by atoms with Crippen LogP contribution >= 0.6 is 11.6 Å². The number of ether oxygens (including phenoxy) is 1. The van der Waals surface area contributed by atoms with E-state index in [2.05, 4.69) is 10.6 Å². The van der Waals surface area contributed by atoms with Crippen molar-refractivity contribution in [2.75, 3.05) is 12.9 Å². The summed E-state index contributed by atoms with van der Waals surface area (Å²) in [7, 11) is -2.77. The summed E-state index contributed by atoms with van der Waals surface area (Å²) in [6.07, 6.45) is 0. The third-order valence-corrected chi connectivity index (χ3v) is 6.15. The van der Waals surface area contributed by atoms with Crippen molar-refractivity contribution in [3.05, 3.63) is 70.4 Å². The second-order valence-corrected chi connectivity index (χ2v) is 8.65. The van der Waals surface area contributed by atoms with E-state index in [0.29, 0.717) is 5.56 Å². The van der Waals surface area contributed by atoms with E-state index in [9.17, 15) is 23.1 Å². The second kappa shape index (κ2) is 8.14. The Bertz CT molecular complexity index is 1100. The number of halogens is 1. The Kier molecular flexibility index (Phi) is 5.81. The van der Waals surface area contributed by atoms with Crippen molar-refractivity contribution in [2.45, 2.75) is 10.9 Å². The van der Waals surface area contributed by atoms with E-state index in [4.69, 9.17) is 16.3 Å². The fraction of sp³-hybridized carbons (Fsp3) is 0.158. The molecule has 8 nitrogen and oxygen atoms in total. The lowest BCUT2D eigenvalue weighted by Gasteiger charge is -2.29. The van der Waals surface area contributed by atoms with Crippen molar-refractivity contribution in [3.8, 4) is 5.75 Å². The number of amides is 2. The Hall–Kier alpha value is -3.04. The maximum absolute atomic E-state index is 12.9. The normalized spacial score (nSPS) is 16.8. The summed E-state index contributed by atoms with van der Waals surface area (Å²) in [4.78, 5) is 24.6. The Morgan fingerprint density at radius 2 is 1.90 bits per heavy atom. The molecule has 3 N–H and O–H groups in total. The molecule has 0 aromatic heterocycles. The number of carbonyl (C=O) groups is 2. The van der Waals surface area contributed by atoms with Gasteiger partial charge < -0.3 is 20.5 Å². The van der Waals surface area contributed by atoms with Crippen molar-refractivity contribution in [1.82, 2.24) is 10.6 Å². The first-order valence-electron chi connectivity index (χ1n) is 8.37. The first-order valence-corrected chi connectivity index (χ1v) is 10.4. The highest BCUT2D eigenvalue weighted by molar-refractivity contribution is 7.91. The number of aromatic hydroxyl groups is 1. The number of hydrogen-bond donors (Lipinski definition) is 3. The van der Waals surface area contributed by atoms with Gasteiger partial charge in [0, 0.05) is 10.7 Å². The zero-order valence-electron chi connectivity index (χ0n) is 15.2. The molecule has 0 spiro atoms. The van der Waals surface area contributed by atoms with E-state index in [1.807, 2.05) is 0 Å². The molecule has 0 saturated heterocycles. The number of rotatable bonds is 5. The minimum atomic E-state index is -3.93. The largest absolute Gasteiger partial charge is 0.508 e. The molecule has 1 aliphatic heterocycles. The van der Waals surface area contributed by atoms with Gasteiger partial charge in [-0.05, 0) is 35.9 Å². The number of sulfone groups is 1. The predicted octanol–water partition coefficient (Wildman–Crippen LogP) is 2.30. The number of carbonyl (C=O) groups excluding carboxylic acids is 2. The third-order valence-electron chi connectivity index (χ3n) is 4.27. The Morgan fingerprint density at radius 1 is 1.21 bits per heavy atom. The summed E-state index contributed by atoms with van der Waals surface area (Å²) >= 11 is 5.88. The van der Waals surface area contributed by atoms with Gasteiger partial charge in [-0.3, -0.25) is 0 Å². The monoisotopic (exact) mass is 436 g/mol. The SMILES string of the molecule is COC(=O)C1=C(CS(=O)(=O)c2cccc(Cl)c2)NC(=O)N[C@H]1c1ccc(O)cc1. The molecule has 2 aromatic rings. The summed E-state index contributed by atoms with van der Waals surface area (Å²) in [6.45, 7) is 0. The summed E-state index contributed by atoms with van der Waals surface area (Å²) in [5.41, 5.74) is 0.317. The van der Waals surface area contributed by atoms with Crippen molar-refractivity contribution in [3.63, 3.8) is 0 Å². The maximum atomic E-state index is 12.9. The van der Waals surface area contributed by atoms with Crippen LogP contribution in [0, 0.1) is 0 Å². The molecule has 0 unspecified atom stereocenters. The molecule has 0 bridgehead atoms. The number of benzene rings is 2. The lowest BCUT2D eigenvalue weighted by Crippen LogP contribution is -2.47. The van der Waals surface area contributed by atoms with Gasteiger partial charge in [0.15, 0.2) is 9.84 Å². The van der Waals surface area contributed by atoms with Gasteiger partial charge in [-0.1, -0.05) is 29.8 Å². The maximum Gasteiger partial charge on any atom is 0.338 e. The van der Waals surface area contributed by atoms with Crippen LogP contribution in [0.4, 0.5) is 4.79 Å². The van der Waals surface area contributed by atoms with Crippen molar-refractivity contribution < 1.29 is 27.9 Å². The average Bonchev–Trinajstić information content (AvgIpc) is 2.67. The molecule has 3 rings (SSSR count). The molecule has 2 amide bonds. The van der Waals surface area contributed by atoms with Gasteiger partial charge in [-0.25, -0.2) is 18.0 Å². The molecule has 0 radical (unpaired) electrons. The van der Waals surface area contributed by atoms with Crippen LogP contribution in [0.1, 0.15) is 11.6 Å². The molecular formula is C19H17ClN2O6S. The van der Waals surface area contributed by atoms with Crippen LogP contribution in [0.2, 0.25) is 5.02 Å². The first kappa shape index (κ1) is 20.7. The molecular weight excluding hydrogens is 420 g/mol. The number of nitrogens with one attached hydrogen (secondary N) is 2. The number of phenolic OH excluding ortho intramolecular Hbond substituents is 1. The van der Waals surface area contributed by atoms with E-state index in [1.165, 1.54) is 48.5 Å². The highest BCUT2D eigenvalue weighted by Crippen LogP contribution is 2.30. The standard InChI is InChI=1S/C19H17ClN2O6S/c1-28-18(24)16-15(10-29(26,27)14-4-2-3-12(20)9-14)21-19(25)22-17(16)11-5-7-13(23)8-6-11/h2-9,17,23H,10H2,1H3,(H2,21,22,25)/t17-/m0/s1. The number of hydrogen-bond acceptors (Lipinski definition) is 6. The fourth-order valence-corrected chi connectivity index (χ4v) is 4.56. The lowest BCUT2D eigenvalue weighted by atomic mass is 9.95. The summed E-state index contributed by atoms with van der Waals surface area (Å²) in [5, 5.41) is 14.7. The zero-order valence-corrected chi connectivity index (χ0v) is 16.8. The van der Waals surface area contributed by atoms with Crippen LogP contribution in [-0.2, 0) is 19.4 Å². The van der Waals surface area contributed by atoms with Gasteiger partial charge >= 0.3 is 12.0 Å². The van der Waals surface area contributed by atoms with Crippen LogP contribution < -0.4 is 10.6 Å². The highest BCUT2D eigenvalue weighted by atomic mass is 35.5. The van der Waals surface area contributed by atoms with Crippen LogP contribution in [0.5, 0.6) is 5.75 Å². The minimum Gasteiger partial charge on any atom is -0.508 e. The van der Waals surface area contributed by atoms with Crippen LogP contribution in [0.3, 0.4) is 0 Å². The van der Waals surface area contributed by atoms with Gasteiger partial charge in [0.1, 0.15) is 5.75 Å². The van der Waals surface area contributed by atoms with E-state index in [0.717, 1.165) is 7.11 Å². The number of methoxy groups -OCH3 is 1. The molecule has 0 saturated carbocycles. The molecule has 1 aliphatic rings. The number of urea groups is 1. The number of esters is 1. The Labute approximate surface area is 172 Å². The average molecular weight is 437 g/mol. The van der Waals surface area contributed by atoms with Gasteiger partial charge in [0.05, 0.1) is 29.4 Å². The van der Waals surface area contributed by atoms with Crippen molar-refractivity contribution in [2.24, 2.45) is 0 Å². The van der Waals surface area contributed by atoms with Gasteiger partial charge in [-0.2, -0.15) is 0 Å². The minimum absolute atomic E-state index is 0.00126. The van der Waals surface area contributed by atoms with Crippen LogP contribution in [0.15, 0.2) is 64.7 Å². The van der Waals surface area contributed by atoms with Crippen molar-refractivity contribution >= 4 is 33.4 Å². The van der Waals surface area contributed by atoms with Crippen LogP contribution in [0.25, 0.3) is 0 Å². The van der Waals surface area contributed by atoms with E-state index in [1.54, 1.807) is 0 Å². The van der Waals surface area contributed by atoms with E-state index < -0.39 is 33.6 Å². The quantitative estimate of drug-likeness (QED) is 0.618. The fourth-order valence-electron chi connectivity index (χ4n) is 2.93. The molecule has 0 aliphatic carbocycles. The smallest absolute Gasteiger partial charge is 0.338 e. The predicted molar refractivity (Wildman–Crippen MR) is 105 cm³/mol. The zero-order chi connectivity index (χ0) is 21.2. The number of phenols is 1. The molecule has 29 heavy (non-hydrogen) atoms. The molecule has 10 heteroatoms. The second-order valence-electron chi connectivity index (χ2n) is 6.22. The third kappa shape index (κ3) is 4.52. The van der Waals surface area contributed by atoms with E-state index in [-0.39, 0.29) is 26.9 Å².